The Kier molecular flexibility index (Phi) is 9.09. The molecule has 0 spiro atoms. The molecule has 2 atom stereocenters. The molecule has 2 aromatic carbocycles. The van der Waals surface area contributed by atoms with Crippen LogP contribution in [0.1, 0.15) is 19.4 Å². The van der Waals surface area contributed by atoms with E-state index in [1.54, 1.807) is 18.2 Å². The zero-order valence-corrected chi connectivity index (χ0v) is 22.6. The molecule has 2 unspecified atom stereocenters. The zero-order chi connectivity index (χ0) is 28.2. The van der Waals surface area contributed by atoms with Crippen LogP contribution in [0.4, 0.5) is 28.9 Å². The van der Waals surface area contributed by atoms with E-state index in [4.69, 9.17) is 0 Å². The Morgan fingerprint density at radius 1 is 1.08 bits per heavy atom. The molecule has 4 nitrogen and oxygen atoms in total. The van der Waals surface area contributed by atoms with Crippen LogP contribution in [0, 0.1) is 12.7 Å². The lowest BCUT2D eigenvalue weighted by Crippen LogP contribution is -2.55. The summed E-state index contributed by atoms with van der Waals surface area (Å²) in [6.07, 6.45) is -1.36. The van der Waals surface area contributed by atoms with Crippen LogP contribution in [0.15, 0.2) is 84.8 Å². The van der Waals surface area contributed by atoms with E-state index in [1.807, 2.05) is 19.1 Å². The molecule has 2 N–H and O–H groups in total. The van der Waals surface area contributed by atoms with E-state index in [0.29, 0.717) is 16.8 Å². The smallest absolute Gasteiger partial charge is 0.393 e. The maximum Gasteiger partial charge on any atom is 0.417 e. The van der Waals surface area contributed by atoms with Gasteiger partial charge in [-0.05, 0) is 63.7 Å². The quantitative estimate of drug-likeness (QED) is 0.284. The Hall–Kier alpha value is -3.52. The van der Waals surface area contributed by atoms with Gasteiger partial charge >= 0.3 is 6.18 Å². The number of allylic oxidation sites excluding steroid dienone is 3. The van der Waals surface area contributed by atoms with Gasteiger partial charge in [-0.3, -0.25) is 4.90 Å². The highest BCUT2D eigenvalue weighted by Crippen LogP contribution is 2.38. The fourth-order valence-corrected chi connectivity index (χ4v) is 4.70. The summed E-state index contributed by atoms with van der Waals surface area (Å²) < 4.78 is 56.6. The summed E-state index contributed by atoms with van der Waals surface area (Å²) in [6.45, 7) is 15.0. The largest absolute Gasteiger partial charge is 0.417 e. The van der Waals surface area contributed by atoms with Gasteiger partial charge in [0.25, 0.3) is 0 Å². The van der Waals surface area contributed by atoms with Crippen LogP contribution < -0.4 is 15.5 Å². The molecule has 1 saturated heterocycles. The van der Waals surface area contributed by atoms with Crippen molar-refractivity contribution in [3.63, 3.8) is 0 Å². The summed E-state index contributed by atoms with van der Waals surface area (Å²) in [5.41, 5.74) is 2.27. The summed E-state index contributed by atoms with van der Waals surface area (Å²) in [5.74, 6) is -0.376. The topological polar surface area (TPSA) is 30.5 Å². The second-order valence-electron chi connectivity index (χ2n) is 9.75. The molecule has 8 heteroatoms. The van der Waals surface area contributed by atoms with E-state index < -0.39 is 11.7 Å². The summed E-state index contributed by atoms with van der Waals surface area (Å²) >= 11 is 0. The molecule has 0 radical (unpaired) electrons. The monoisotopic (exact) mass is 528 g/mol. The lowest BCUT2D eigenvalue weighted by molar-refractivity contribution is -0.0891. The Morgan fingerprint density at radius 2 is 1.74 bits per heavy atom. The van der Waals surface area contributed by atoms with Gasteiger partial charge in [-0.25, -0.2) is 4.39 Å². The first-order chi connectivity index (χ1) is 17.9. The van der Waals surface area contributed by atoms with E-state index in [-0.39, 0.29) is 29.2 Å². The van der Waals surface area contributed by atoms with Crippen LogP contribution in [0.5, 0.6) is 0 Å². The molecule has 204 valence electrons. The first-order valence-electron chi connectivity index (χ1n) is 12.5. The van der Waals surface area contributed by atoms with Crippen LogP contribution >= 0.6 is 0 Å². The Labute approximate surface area is 223 Å². The van der Waals surface area contributed by atoms with Crippen LogP contribution in [0.2, 0.25) is 0 Å². The van der Waals surface area contributed by atoms with Gasteiger partial charge in [0.15, 0.2) is 0 Å². The Morgan fingerprint density at radius 3 is 2.32 bits per heavy atom. The van der Waals surface area contributed by atoms with Crippen molar-refractivity contribution < 1.29 is 17.6 Å². The van der Waals surface area contributed by atoms with Crippen molar-refractivity contribution in [1.29, 1.82) is 0 Å². The number of aryl methyl sites for hydroxylation is 1. The highest BCUT2D eigenvalue weighted by Gasteiger charge is 2.36. The summed E-state index contributed by atoms with van der Waals surface area (Å²) in [4.78, 5) is 4.50. The molecular weight excluding hydrogens is 492 g/mol. The van der Waals surface area contributed by atoms with Crippen LogP contribution in [-0.2, 0) is 0 Å². The first kappa shape index (κ1) is 29.0. The van der Waals surface area contributed by atoms with Crippen molar-refractivity contribution in [2.75, 3.05) is 37.4 Å². The molecule has 2 aromatic rings. The fraction of sp³-hybridized carbons (Fsp3) is 0.333. The number of piperazine rings is 1. The highest BCUT2D eigenvalue weighted by molar-refractivity contribution is 5.81. The van der Waals surface area contributed by atoms with E-state index in [1.165, 1.54) is 19.3 Å². The molecule has 0 aromatic heterocycles. The standard InChI is InChI=1S/C30H36F4N4/c1-8-9-26(30(32,33)34)25(16-35-6)22(5)36-28-15-23(24-14-19(2)10-12-27(24)31)11-13-29(28)38-17-20(3)37(7)21(4)18-38/h8-16,20-21,35-36H,1,5,17-18H2,2-4,6-7H3/b25-16-,26-9+. The van der Waals surface area contributed by atoms with E-state index >= 15 is 0 Å². The molecular formula is C30H36F4N4. The molecule has 0 amide bonds. The van der Waals surface area contributed by atoms with E-state index in [9.17, 15) is 17.6 Å². The molecule has 1 fully saturated rings. The second kappa shape index (κ2) is 11.9. The van der Waals surface area contributed by atoms with Gasteiger partial charge in [0.2, 0.25) is 0 Å². The SMILES string of the molecule is C=C/C=C(\C(=C/NC)C(=C)Nc1cc(-c2cc(C)ccc2F)ccc1N1CC(C)N(C)C(C)C1)C(F)(F)F. The van der Waals surface area contributed by atoms with Gasteiger partial charge in [0, 0.05) is 55.3 Å². The average molecular weight is 529 g/mol. The number of halogens is 4. The minimum atomic E-state index is -4.63. The number of likely N-dealkylation sites (N-methyl/N-ethyl adjacent to an activating group) is 1. The molecule has 1 aliphatic rings. The van der Waals surface area contributed by atoms with Crippen molar-refractivity contribution >= 4 is 11.4 Å². The van der Waals surface area contributed by atoms with E-state index in [0.717, 1.165) is 36.5 Å². The normalized spacial score (nSPS) is 19.3. The molecule has 38 heavy (non-hydrogen) atoms. The number of rotatable bonds is 8. The van der Waals surface area contributed by atoms with Crippen molar-refractivity contribution in [3.8, 4) is 11.1 Å². The van der Waals surface area contributed by atoms with Crippen LogP contribution in [0.25, 0.3) is 11.1 Å². The number of hydrogen-bond donors (Lipinski definition) is 2. The first-order valence-corrected chi connectivity index (χ1v) is 12.5. The molecule has 3 rings (SSSR count). The molecule has 1 heterocycles. The Balaban J connectivity index is 2.12. The van der Waals surface area contributed by atoms with Crippen molar-refractivity contribution in [2.45, 2.75) is 39.0 Å². The number of anilines is 2. The predicted molar refractivity (Wildman–Crippen MR) is 150 cm³/mol. The lowest BCUT2D eigenvalue weighted by Gasteiger charge is -2.44. The average Bonchev–Trinajstić information content (AvgIpc) is 2.85. The predicted octanol–water partition coefficient (Wildman–Crippen LogP) is 7.03. The highest BCUT2D eigenvalue weighted by atomic mass is 19.4. The Bertz CT molecular complexity index is 1230. The number of benzene rings is 2. The number of nitrogens with zero attached hydrogens (tertiary/aromatic N) is 2. The lowest BCUT2D eigenvalue weighted by atomic mass is 9.99. The minimum absolute atomic E-state index is 0.0445. The number of alkyl halides is 3. The van der Waals surface area contributed by atoms with Gasteiger partial charge in [-0.1, -0.05) is 36.9 Å². The van der Waals surface area contributed by atoms with Crippen molar-refractivity contribution in [3.05, 3.63) is 96.1 Å². The summed E-state index contributed by atoms with van der Waals surface area (Å²) in [5, 5.41) is 5.82. The van der Waals surface area contributed by atoms with E-state index in [2.05, 4.69) is 54.5 Å². The van der Waals surface area contributed by atoms with Gasteiger partial charge in [-0.2, -0.15) is 13.2 Å². The maximum atomic E-state index is 14.8. The van der Waals surface area contributed by atoms with Crippen LogP contribution in [-0.4, -0.2) is 50.3 Å². The zero-order valence-electron chi connectivity index (χ0n) is 22.6. The fourth-order valence-electron chi connectivity index (χ4n) is 4.70. The molecule has 1 aliphatic heterocycles. The third kappa shape index (κ3) is 6.48. The van der Waals surface area contributed by atoms with Crippen molar-refractivity contribution in [2.24, 2.45) is 0 Å². The van der Waals surface area contributed by atoms with Crippen LogP contribution in [0.3, 0.4) is 0 Å². The van der Waals surface area contributed by atoms with Gasteiger partial charge < -0.3 is 15.5 Å². The van der Waals surface area contributed by atoms with Gasteiger partial charge in [0.05, 0.1) is 16.9 Å². The minimum Gasteiger partial charge on any atom is -0.393 e. The maximum absolute atomic E-state index is 14.8. The third-order valence-corrected chi connectivity index (χ3v) is 6.91. The molecule has 0 aliphatic carbocycles. The van der Waals surface area contributed by atoms with Crippen molar-refractivity contribution in [1.82, 2.24) is 10.2 Å². The molecule has 0 bridgehead atoms. The van der Waals surface area contributed by atoms with Gasteiger partial charge in [0.1, 0.15) is 5.82 Å². The summed E-state index contributed by atoms with van der Waals surface area (Å²) in [6, 6.07) is 10.9. The third-order valence-electron chi connectivity index (χ3n) is 6.91. The second-order valence-corrected chi connectivity index (χ2v) is 9.75. The number of hydrogen-bond acceptors (Lipinski definition) is 4. The summed E-state index contributed by atoms with van der Waals surface area (Å²) in [7, 11) is 3.60. The number of nitrogens with one attached hydrogen (secondary N) is 2. The van der Waals surface area contributed by atoms with Gasteiger partial charge in [-0.15, -0.1) is 0 Å². The molecule has 0 saturated carbocycles.